The van der Waals surface area contributed by atoms with Crippen molar-refractivity contribution in [1.82, 2.24) is 15.0 Å². The zero-order valence-corrected chi connectivity index (χ0v) is 26.6. The predicted octanol–water partition coefficient (Wildman–Crippen LogP) is 4.98. The number of rotatable bonds is 10. The van der Waals surface area contributed by atoms with E-state index < -0.39 is 51.3 Å². The average molecular weight is 654 g/mol. The molecule has 3 aromatic rings. The minimum atomic E-state index is -4.14. The fourth-order valence-electron chi connectivity index (χ4n) is 6.47. The van der Waals surface area contributed by atoms with Gasteiger partial charge in [-0.15, -0.1) is 0 Å². The van der Waals surface area contributed by atoms with E-state index in [1.807, 2.05) is 26.8 Å². The Labute approximate surface area is 266 Å². The van der Waals surface area contributed by atoms with Crippen LogP contribution in [-0.4, -0.2) is 44.5 Å². The molecule has 2 heterocycles. The molecule has 0 spiro atoms. The van der Waals surface area contributed by atoms with E-state index in [1.165, 1.54) is 18.2 Å². The van der Waals surface area contributed by atoms with E-state index in [0.717, 1.165) is 11.1 Å². The van der Waals surface area contributed by atoms with E-state index in [9.17, 15) is 22.4 Å². The zero-order chi connectivity index (χ0) is 32.1. The van der Waals surface area contributed by atoms with Gasteiger partial charge in [-0.05, 0) is 68.5 Å². The summed E-state index contributed by atoms with van der Waals surface area (Å²) in [4.78, 5) is 31.7. The molecule has 3 atom stereocenters. The van der Waals surface area contributed by atoms with Gasteiger partial charge >= 0.3 is 0 Å². The highest BCUT2D eigenvalue weighted by Crippen LogP contribution is 2.52. The molecule has 6 rings (SSSR count). The lowest BCUT2D eigenvalue weighted by Gasteiger charge is -2.27. The van der Waals surface area contributed by atoms with Crippen LogP contribution in [-0.2, 0) is 40.3 Å². The summed E-state index contributed by atoms with van der Waals surface area (Å²) < 4.78 is 54.9. The van der Waals surface area contributed by atoms with Gasteiger partial charge in [-0.3, -0.25) is 24.6 Å². The minimum absolute atomic E-state index is 0.0179. The number of pyridine rings is 1. The summed E-state index contributed by atoms with van der Waals surface area (Å²) in [6.07, 6.45) is 0.877. The number of aromatic nitrogens is 1. The van der Waals surface area contributed by atoms with E-state index in [-0.39, 0.29) is 16.4 Å². The first-order valence-corrected chi connectivity index (χ1v) is 16.9. The van der Waals surface area contributed by atoms with Crippen molar-refractivity contribution in [2.75, 3.05) is 13.2 Å². The first-order chi connectivity index (χ1) is 21.5. The number of halogens is 2. The molecule has 12 heteroatoms. The molecule has 45 heavy (non-hydrogen) atoms. The van der Waals surface area contributed by atoms with Gasteiger partial charge in [0.2, 0.25) is 15.9 Å². The van der Waals surface area contributed by atoms with E-state index in [1.54, 1.807) is 30.5 Å². The van der Waals surface area contributed by atoms with Crippen LogP contribution in [0.3, 0.4) is 0 Å². The van der Waals surface area contributed by atoms with Crippen molar-refractivity contribution >= 4 is 38.9 Å². The molecule has 1 amide bonds. The van der Waals surface area contributed by atoms with Gasteiger partial charge in [0.05, 0.1) is 22.9 Å². The van der Waals surface area contributed by atoms with E-state index in [2.05, 4.69) is 15.0 Å². The van der Waals surface area contributed by atoms with Crippen LogP contribution >= 0.6 is 11.6 Å². The van der Waals surface area contributed by atoms with Gasteiger partial charge in [-0.1, -0.05) is 41.9 Å². The summed E-state index contributed by atoms with van der Waals surface area (Å²) in [5, 5.41) is 3.52. The Morgan fingerprint density at radius 3 is 2.51 bits per heavy atom. The smallest absolute Gasteiger partial charge is 0.244 e. The van der Waals surface area contributed by atoms with E-state index in [0.29, 0.717) is 54.0 Å². The normalized spacial score (nSPS) is 21.8. The molecule has 2 aromatic carbocycles. The number of hydrogen-bond donors (Lipinski definition) is 2. The van der Waals surface area contributed by atoms with Gasteiger partial charge < -0.3 is 9.47 Å². The Bertz CT molecular complexity index is 1820. The van der Waals surface area contributed by atoms with Crippen molar-refractivity contribution in [3.63, 3.8) is 0 Å². The standard InChI is InChI=1S/C33H33ClFN3O6S/c1-4-43-30-21-8-7-15-36-27(21)25-24(29(30)39)28(37-31(25)44-5-2)20-12-11-19(16-18(20)3)17-45(41,42)38-32(40)33(13-14-33)26-22(34)9-6-10-23(26)35/h6-12,15-16,28,30-31,37H,4-5,13-14,17H2,1-3H3,(H,38,40). The van der Waals surface area contributed by atoms with Crippen molar-refractivity contribution in [1.29, 1.82) is 0 Å². The van der Waals surface area contributed by atoms with E-state index >= 15 is 0 Å². The highest BCUT2D eigenvalue weighted by molar-refractivity contribution is 7.89. The second-order valence-electron chi connectivity index (χ2n) is 11.5. The number of Topliss-reactive ketones (excluding diaryl/α,β-unsaturated/α-hetero) is 1. The zero-order valence-electron chi connectivity index (χ0n) is 25.0. The number of carbonyl (C=O) groups excluding carboxylic acids is 2. The molecule has 0 saturated heterocycles. The SMILES string of the molecule is CCOC1NC(c2ccc(CS(=O)(=O)NC(=O)C3(c4c(F)cccc4Cl)CC3)cc2C)C2=C1c1ncccc1C(OCC)C2=O. The molecule has 9 nitrogen and oxygen atoms in total. The van der Waals surface area contributed by atoms with Crippen LogP contribution in [0.15, 0.2) is 60.3 Å². The number of benzene rings is 2. The summed E-state index contributed by atoms with van der Waals surface area (Å²) in [6, 6.07) is 12.3. The molecule has 0 bridgehead atoms. The van der Waals surface area contributed by atoms with Gasteiger partial charge in [0.15, 0.2) is 5.78 Å². The van der Waals surface area contributed by atoms with Gasteiger partial charge in [0.1, 0.15) is 18.1 Å². The van der Waals surface area contributed by atoms with Crippen molar-refractivity contribution < 1.29 is 31.9 Å². The Hall–Kier alpha value is -3.48. The average Bonchev–Trinajstić information content (AvgIpc) is 3.70. The highest BCUT2D eigenvalue weighted by atomic mass is 35.5. The third kappa shape index (κ3) is 5.61. The number of nitrogens with one attached hydrogen (secondary N) is 2. The molecule has 2 aliphatic carbocycles. The molecule has 3 unspecified atom stereocenters. The second-order valence-corrected chi connectivity index (χ2v) is 13.6. The van der Waals surface area contributed by atoms with Crippen molar-refractivity contribution in [2.24, 2.45) is 0 Å². The number of ketones is 1. The van der Waals surface area contributed by atoms with Crippen LogP contribution in [0.2, 0.25) is 5.02 Å². The summed E-state index contributed by atoms with van der Waals surface area (Å²) in [6.45, 7) is 6.28. The molecule has 1 fully saturated rings. The van der Waals surface area contributed by atoms with Gasteiger partial charge in [-0.25, -0.2) is 12.8 Å². The molecule has 2 N–H and O–H groups in total. The maximum absolute atomic E-state index is 14.6. The molecule has 1 saturated carbocycles. The first kappa shape index (κ1) is 31.5. The third-order valence-corrected chi connectivity index (χ3v) is 10.1. The number of fused-ring (bicyclic) bond motifs is 2. The molecule has 236 valence electrons. The lowest BCUT2D eigenvalue weighted by atomic mass is 9.82. The number of aryl methyl sites for hydroxylation is 1. The predicted molar refractivity (Wildman–Crippen MR) is 166 cm³/mol. The number of carbonyl (C=O) groups is 2. The summed E-state index contributed by atoms with van der Waals surface area (Å²) in [7, 11) is -4.14. The van der Waals surface area contributed by atoms with Gasteiger partial charge in [0, 0.05) is 46.7 Å². The van der Waals surface area contributed by atoms with Crippen LogP contribution in [0, 0.1) is 12.7 Å². The van der Waals surface area contributed by atoms with Crippen LogP contribution in [0.4, 0.5) is 4.39 Å². The van der Waals surface area contributed by atoms with Crippen molar-refractivity contribution in [3.05, 3.63) is 105 Å². The molecule has 0 radical (unpaired) electrons. The van der Waals surface area contributed by atoms with Crippen molar-refractivity contribution in [3.8, 4) is 0 Å². The van der Waals surface area contributed by atoms with Crippen LogP contribution in [0.1, 0.15) is 72.3 Å². The van der Waals surface area contributed by atoms with Crippen LogP contribution < -0.4 is 10.0 Å². The fourth-order valence-corrected chi connectivity index (χ4v) is 7.98. The van der Waals surface area contributed by atoms with E-state index in [4.69, 9.17) is 21.1 Å². The maximum atomic E-state index is 14.6. The maximum Gasteiger partial charge on any atom is 0.244 e. The fraction of sp³-hybridized carbons (Fsp3) is 0.364. The lowest BCUT2D eigenvalue weighted by Crippen LogP contribution is -2.40. The summed E-state index contributed by atoms with van der Waals surface area (Å²) >= 11 is 6.19. The monoisotopic (exact) mass is 653 g/mol. The largest absolute Gasteiger partial charge is 0.366 e. The Morgan fingerprint density at radius 1 is 1.09 bits per heavy atom. The van der Waals surface area contributed by atoms with Gasteiger partial charge in [0.25, 0.3) is 0 Å². The van der Waals surface area contributed by atoms with Crippen LogP contribution in [0.5, 0.6) is 0 Å². The second kappa shape index (κ2) is 12.0. The molecule has 1 aromatic heterocycles. The number of sulfonamides is 1. The Kier molecular flexibility index (Phi) is 8.42. The minimum Gasteiger partial charge on any atom is -0.366 e. The highest BCUT2D eigenvalue weighted by Gasteiger charge is 2.55. The Balaban J connectivity index is 1.27. The lowest BCUT2D eigenvalue weighted by molar-refractivity contribution is -0.127. The quantitative estimate of drug-likeness (QED) is 0.314. The number of amides is 1. The molecular formula is C33H33ClFN3O6S. The molecular weight excluding hydrogens is 621 g/mol. The Morgan fingerprint density at radius 2 is 1.84 bits per heavy atom. The first-order valence-electron chi connectivity index (χ1n) is 14.8. The topological polar surface area (TPSA) is 124 Å². The number of hydrogen-bond acceptors (Lipinski definition) is 8. The van der Waals surface area contributed by atoms with Crippen molar-refractivity contribution in [2.45, 2.75) is 63.2 Å². The summed E-state index contributed by atoms with van der Waals surface area (Å²) in [5.41, 5.74) is 3.18. The number of nitrogens with zero attached hydrogens (tertiary/aromatic N) is 1. The number of ether oxygens (including phenoxy) is 2. The molecule has 1 aliphatic heterocycles. The van der Waals surface area contributed by atoms with Gasteiger partial charge in [-0.2, -0.15) is 0 Å². The molecule has 3 aliphatic rings. The summed E-state index contributed by atoms with van der Waals surface area (Å²) in [5.74, 6) is -2.10. The van der Waals surface area contributed by atoms with Crippen LogP contribution in [0.25, 0.3) is 5.57 Å². The third-order valence-electron chi connectivity index (χ3n) is 8.58.